The number of carbonyl (C=O) groups is 1. The summed E-state index contributed by atoms with van der Waals surface area (Å²) in [5, 5.41) is 0. The van der Waals surface area contributed by atoms with Crippen LogP contribution in [0.3, 0.4) is 0 Å². The predicted molar refractivity (Wildman–Crippen MR) is 103 cm³/mol. The van der Waals surface area contributed by atoms with Crippen LogP contribution in [0.15, 0.2) is 55.1 Å². The summed E-state index contributed by atoms with van der Waals surface area (Å²) in [5.74, 6) is 0.847. The Balaban J connectivity index is 1.73. The summed E-state index contributed by atoms with van der Waals surface area (Å²) in [6.07, 6.45) is 2.19. The highest BCUT2D eigenvalue weighted by atomic mass is 16.5. The zero-order valence-corrected chi connectivity index (χ0v) is 15.2. The highest BCUT2D eigenvalue weighted by Crippen LogP contribution is 2.24. The molecule has 0 bridgehead atoms. The topological polar surface area (TPSA) is 38.8 Å². The van der Waals surface area contributed by atoms with E-state index in [1.165, 1.54) is 0 Å². The van der Waals surface area contributed by atoms with E-state index in [4.69, 9.17) is 9.47 Å². The van der Waals surface area contributed by atoms with Gasteiger partial charge >= 0.3 is 0 Å². The van der Waals surface area contributed by atoms with Gasteiger partial charge in [-0.1, -0.05) is 49.1 Å². The fourth-order valence-corrected chi connectivity index (χ4v) is 3.06. The van der Waals surface area contributed by atoms with Crippen LogP contribution in [-0.4, -0.2) is 36.6 Å². The molecule has 1 saturated heterocycles. The van der Waals surface area contributed by atoms with Crippen LogP contribution in [0.2, 0.25) is 0 Å². The zero-order chi connectivity index (χ0) is 18.4. The number of rotatable bonds is 6. The first-order valence-electron chi connectivity index (χ1n) is 8.97. The first-order chi connectivity index (χ1) is 12.7. The van der Waals surface area contributed by atoms with Crippen LogP contribution in [-0.2, 0) is 22.6 Å². The second kappa shape index (κ2) is 8.68. The van der Waals surface area contributed by atoms with E-state index in [2.05, 4.69) is 6.58 Å². The Kier molecular flexibility index (Phi) is 6.08. The van der Waals surface area contributed by atoms with Crippen molar-refractivity contribution in [2.75, 3.05) is 19.7 Å². The van der Waals surface area contributed by atoms with Gasteiger partial charge in [-0.3, -0.25) is 4.79 Å². The Morgan fingerprint density at radius 3 is 2.85 bits per heavy atom. The lowest BCUT2D eigenvalue weighted by atomic mass is 10.1. The van der Waals surface area contributed by atoms with Crippen LogP contribution in [0, 0.1) is 0 Å². The summed E-state index contributed by atoms with van der Waals surface area (Å²) in [6, 6.07) is 15.9. The molecule has 0 unspecified atom stereocenters. The van der Waals surface area contributed by atoms with Gasteiger partial charge in [-0.2, -0.15) is 0 Å². The van der Waals surface area contributed by atoms with Gasteiger partial charge in [0.15, 0.2) is 0 Å². The largest absolute Gasteiger partial charge is 0.489 e. The molecule has 1 amide bonds. The number of benzene rings is 2. The minimum Gasteiger partial charge on any atom is -0.489 e. The number of morpholine rings is 1. The fraction of sp³-hybridized carbons (Fsp3) is 0.318. The number of carbonyl (C=O) groups excluding carboxylic acids is 1. The maximum absolute atomic E-state index is 12.7. The van der Waals surface area contributed by atoms with Crippen molar-refractivity contribution in [2.45, 2.75) is 26.1 Å². The normalized spacial score (nSPS) is 17.0. The third kappa shape index (κ3) is 4.73. The Labute approximate surface area is 155 Å². The highest BCUT2D eigenvalue weighted by Gasteiger charge is 2.22. The SMILES string of the molecule is C=Cc1ccc(OCc2ccccc2)c(CC(=O)N2CCO[C@H](C)C2)c1. The molecule has 1 fully saturated rings. The molecule has 1 aliphatic rings. The molecule has 4 heteroatoms. The summed E-state index contributed by atoms with van der Waals surface area (Å²) in [4.78, 5) is 14.6. The number of nitrogens with zero attached hydrogens (tertiary/aromatic N) is 1. The molecular formula is C22H25NO3. The minimum absolute atomic E-state index is 0.0843. The van der Waals surface area contributed by atoms with Crippen LogP contribution in [0.4, 0.5) is 0 Å². The van der Waals surface area contributed by atoms with Gasteiger partial charge in [-0.05, 0) is 30.2 Å². The van der Waals surface area contributed by atoms with E-state index in [1.54, 1.807) is 6.08 Å². The van der Waals surface area contributed by atoms with E-state index in [1.807, 2.05) is 60.4 Å². The molecule has 0 spiro atoms. The highest BCUT2D eigenvalue weighted by molar-refractivity contribution is 5.80. The zero-order valence-electron chi connectivity index (χ0n) is 15.2. The van der Waals surface area contributed by atoms with Gasteiger partial charge in [-0.15, -0.1) is 0 Å². The van der Waals surface area contributed by atoms with E-state index in [9.17, 15) is 4.79 Å². The number of amides is 1. The van der Waals surface area contributed by atoms with Crippen LogP contribution < -0.4 is 4.74 Å². The average molecular weight is 351 g/mol. The Bertz CT molecular complexity index is 757. The van der Waals surface area contributed by atoms with Crippen molar-refractivity contribution in [2.24, 2.45) is 0 Å². The van der Waals surface area contributed by atoms with Crippen LogP contribution in [0.25, 0.3) is 6.08 Å². The predicted octanol–water partition coefficient (Wildman–Crippen LogP) is 3.70. The molecule has 26 heavy (non-hydrogen) atoms. The van der Waals surface area contributed by atoms with Crippen molar-refractivity contribution in [1.29, 1.82) is 0 Å². The van der Waals surface area contributed by atoms with Crippen LogP contribution in [0.5, 0.6) is 5.75 Å². The second-order valence-corrected chi connectivity index (χ2v) is 6.54. The van der Waals surface area contributed by atoms with Gasteiger partial charge in [0.25, 0.3) is 0 Å². The van der Waals surface area contributed by atoms with Gasteiger partial charge in [0, 0.05) is 18.7 Å². The number of hydrogen-bond acceptors (Lipinski definition) is 3. The molecule has 1 heterocycles. The van der Waals surface area contributed by atoms with Crippen molar-refractivity contribution in [3.8, 4) is 5.75 Å². The first-order valence-corrected chi connectivity index (χ1v) is 8.97. The Hall–Kier alpha value is -2.59. The molecule has 136 valence electrons. The Morgan fingerprint density at radius 1 is 1.31 bits per heavy atom. The van der Waals surface area contributed by atoms with E-state index in [0.717, 1.165) is 22.4 Å². The summed E-state index contributed by atoms with van der Waals surface area (Å²) >= 11 is 0. The minimum atomic E-state index is 0.0843. The van der Waals surface area contributed by atoms with Crippen molar-refractivity contribution in [3.05, 3.63) is 71.8 Å². The molecule has 0 saturated carbocycles. The van der Waals surface area contributed by atoms with Gasteiger partial charge in [0.2, 0.25) is 5.91 Å². The summed E-state index contributed by atoms with van der Waals surface area (Å²) in [5.41, 5.74) is 2.97. The molecule has 0 radical (unpaired) electrons. The lowest BCUT2D eigenvalue weighted by molar-refractivity contribution is -0.137. The molecule has 0 aliphatic carbocycles. The summed E-state index contributed by atoms with van der Waals surface area (Å²) < 4.78 is 11.5. The molecule has 2 aromatic carbocycles. The van der Waals surface area contributed by atoms with Gasteiger partial charge in [-0.25, -0.2) is 0 Å². The summed E-state index contributed by atoms with van der Waals surface area (Å²) in [7, 11) is 0. The molecule has 3 rings (SSSR count). The Morgan fingerprint density at radius 2 is 2.12 bits per heavy atom. The van der Waals surface area contributed by atoms with Gasteiger partial charge in [0.05, 0.1) is 19.1 Å². The van der Waals surface area contributed by atoms with Gasteiger partial charge in [0.1, 0.15) is 12.4 Å². The monoisotopic (exact) mass is 351 g/mol. The molecule has 1 atom stereocenters. The molecular weight excluding hydrogens is 326 g/mol. The standard InChI is InChI=1S/C22H25NO3/c1-3-18-9-10-21(26-16-19-7-5-4-6-8-19)20(13-18)14-22(24)23-11-12-25-17(2)15-23/h3-10,13,17H,1,11-12,14-16H2,2H3/t17-/m1/s1. The average Bonchev–Trinajstić information content (AvgIpc) is 2.67. The third-order valence-corrected chi connectivity index (χ3v) is 4.49. The van der Waals surface area contributed by atoms with Crippen LogP contribution in [0.1, 0.15) is 23.6 Å². The van der Waals surface area contributed by atoms with Crippen molar-refractivity contribution >= 4 is 12.0 Å². The number of ether oxygens (including phenoxy) is 2. The van der Waals surface area contributed by atoms with Crippen molar-refractivity contribution in [1.82, 2.24) is 4.90 Å². The first kappa shape index (κ1) is 18.2. The van der Waals surface area contributed by atoms with E-state index in [-0.39, 0.29) is 12.0 Å². The maximum atomic E-state index is 12.7. The quantitative estimate of drug-likeness (QED) is 0.797. The molecule has 0 N–H and O–H groups in total. The van der Waals surface area contributed by atoms with Crippen LogP contribution >= 0.6 is 0 Å². The van der Waals surface area contributed by atoms with Crippen molar-refractivity contribution < 1.29 is 14.3 Å². The third-order valence-electron chi connectivity index (χ3n) is 4.49. The molecule has 1 aliphatic heterocycles. The second-order valence-electron chi connectivity index (χ2n) is 6.54. The van der Waals surface area contributed by atoms with Gasteiger partial charge < -0.3 is 14.4 Å². The fourth-order valence-electron chi connectivity index (χ4n) is 3.06. The lowest BCUT2D eigenvalue weighted by Crippen LogP contribution is -2.45. The van der Waals surface area contributed by atoms with E-state index >= 15 is 0 Å². The number of hydrogen-bond donors (Lipinski definition) is 0. The van der Waals surface area contributed by atoms with E-state index in [0.29, 0.717) is 32.7 Å². The smallest absolute Gasteiger partial charge is 0.227 e. The maximum Gasteiger partial charge on any atom is 0.227 e. The van der Waals surface area contributed by atoms with E-state index < -0.39 is 0 Å². The lowest BCUT2D eigenvalue weighted by Gasteiger charge is -2.31. The molecule has 4 nitrogen and oxygen atoms in total. The summed E-state index contributed by atoms with van der Waals surface area (Å²) in [6.45, 7) is 8.17. The molecule has 2 aromatic rings. The molecule has 0 aromatic heterocycles. The van der Waals surface area contributed by atoms with Crippen molar-refractivity contribution in [3.63, 3.8) is 0 Å².